The highest BCUT2D eigenvalue weighted by Gasteiger charge is 1.99. The Kier molecular flexibility index (Phi) is 5.46. The summed E-state index contributed by atoms with van der Waals surface area (Å²) in [4.78, 5) is 24.4. The SMILES string of the molecule is CC(=O)OCc1ccc(OCc2ccc(N=C=O)cc2)cc1. The van der Waals surface area contributed by atoms with E-state index in [0.29, 0.717) is 12.3 Å². The maximum absolute atomic E-state index is 10.7. The summed E-state index contributed by atoms with van der Waals surface area (Å²) in [6.45, 7) is 2.05. The zero-order valence-electron chi connectivity index (χ0n) is 12.1. The highest BCUT2D eigenvalue weighted by Crippen LogP contribution is 2.17. The number of ether oxygens (including phenoxy) is 2. The molecular formula is C17H15NO4. The van der Waals surface area contributed by atoms with Gasteiger partial charge < -0.3 is 9.47 Å². The summed E-state index contributed by atoms with van der Waals surface area (Å²) >= 11 is 0. The molecule has 2 aromatic rings. The summed E-state index contributed by atoms with van der Waals surface area (Å²) in [5.41, 5.74) is 2.43. The minimum Gasteiger partial charge on any atom is -0.489 e. The number of rotatable bonds is 6. The van der Waals surface area contributed by atoms with Crippen LogP contribution in [-0.4, -0.2) is 12.0 Å². The summed E-state index contributed by atoms with van der Waals surface area (Å²) in [5.74, 6) is 0.421. The first-order valence-electron chi connectivity index (χ1n) is 6.69. The number of isocyanates is 1. The Morgan fingerprint density at radius 1 is 1.00 bits per heavy atom. The van der Waals surface area contributed by atoms with Crippen LogP contribution in [-0.2, 0) is 27.5 Å². The van der Waals surface area contributed by atoms with Crippen molar-refractivity contribution < 1.29 is 19.1 Å². The van der Waals surface area contributed by atoms with Crippen molar-refractivity contribution in [2.24, 2.45) is 4.99 Å². The lowest BCUT2D eigenvalue weighted by atomic mass is 10.2. The van der Waals surface area contributed by atoms with E-state index in [4.69, 9.17) is 9.47 Å². The zero-order chi connectivity index (χ0) is 15.8. The highest BCUT2D eigenvalue weighted by molar-refractivity contribution is 5.65. The molecule has 0 aliphatic carbocycles. The first kappa shape index (κ1) is 15.5. The van der Waals surface area contributed by atoms with Crippen molar-refractivity contribution in [2.75, 3.05) is 0 Å². The van der Waals surface area contributed by atoms with Gasteiger partial charge in [-0.25, -0.2) is 4.79 Å². The van der Waals surface area contributed by atoms with Crippen molar-refractivity contribution in [3.8, 4) is 5.75 Å². The molecule has 0 aliphatic rings. The summed E-state index contributed by atoms with van der Waals surface area (Å²) in [6.07, 6.45) is 1.50. The average Bonchev–Trinajstić information content (AvgIpc) is 2.53. The minimum atomic E-state index is -0.303. The van der Waals surface area contributed by atoms with Gasteiger partial charge in [-0.3, -0.25) is 4.79 Å². The number of carbonyl (C=O) groups excluding carboxylic acids is 2. The molecule has 2 rings (SSSR count). The number of benzene rings is 2. The normalized spacial score (nSPS) is 9.68. The van der Waals surface area contributed by atoms with E-state index in [1.54, 1.807) is 12.1 Å². The van der Waals surface area contributed by atoms with Gasteiger partial charge in [0.25, 0.3) is 0 Å². The molecule has 0 bridgehead atoms. The lowest BCUT2D eigenvalue weighted by molar-refractivity contribution is -0.142. The first-order valence-corrected chi connectivity index (χ1v) is 6.69. The molecule has 0 atom stereocenters. The molecule has 0 unspecified atom stereocenters. The molecule has 0 heterocycles. The van der Waals surface area contributed by atoms with Crippen molar-refractivity contribution in [3.63, 3.8) is 0 Å². The molecular weight excluding hydrogens is 282 g/mol. The lowest BCUT2D eigenvalue weighted by Gasteiger charge is -2.07. The van der Waals surface area contributed by atoms with E-state index in [-0.39, 0.29) is 12.6 Å². The molecule has 0 aliphatic heterocycles. The molecule has 0 saturated heterocycles. The summed E-state index contributed by atoms with van der Waals surface area (Å²) in [7, 11) is 0. The van der Waals surface area contributed by atoms with Crippen molar-refractivity contribution in [1.82, 2.24) is 0 Å². The average molecular weight is 297 g/mol. The van der Waals surface area contributed by atoms with Crippen LogP contribution in [0.15, 0.2) is 53.5 Å². The van der Waals surface area contributed by atoms with Crippen LogP contribution in [0, 0.1) is 0 Å². The van der Waals surface area contributed by atoms with Gasteiger partial charge in [-0.2, -0.15) is 4.99 Å². The van der Waals surface area contributed by atoms with Crippen LogP contribution in [0.4, 0.5) is 5.69 Å². The molecule has 5 nitrogen and oxygen atoms in total. The molecule has 0 saturated carbocycles. The third-order valence-corrected chi connectivity index (χ3v) is 2.88. The molecule has 0 amide bonds. The second kappa shape index (κ2) is 7.76. The van der Waals surface area contributed by atoms with Crippen LogP contribution in [0.5, 0.6) is 5.75 Å². The first-order chi connectivity index (χ1) is 10.7. The molecule has 0 N–H and O–H groups in total. The van der Waals surface area contributed by atoms with Crippen LogP contribution < -0.4 is 4.74 Å². The molecule has 2 aromatic carbocycles. The number of nitrogens with zero attached hydrogens (tertiary/aromatic N) is 1. The van der Waals surface area contributed by atoms with Gasteiger partial charge in [0.15, 0.2) is 0 Å². The Morgan fingerprint density at radius 3 is 2.18 bits per heavy atom. The molecule has 0 aromatic heterocycles. The highest BCUT2D eigenvalue weighted by atomic mass is 16.5. The van der Waals surface area contributed by atoms with Gasteiger partial charge >= 0.3 is 5.97 Å². The standard InChI is InChI=1S/C17H15NO4/c1-13(20)21-10-15-4-8-17(9-5-15)22-11-14-2-6-16(7-3-14)18-12-19/h2-9H,10-11H2,1H3. The van der Waals surface area contributed by atoms with Gasteiger partial charge in [-0.1, -0.05) is 24.3 Å². The second-order valence-electron chi connectivity index (χ2n) is 4.58. The van der Waals surface area contributed by atoms with Crippen molar-refractivity contribution in [3.05, 3.63) is 59.7 Å². The lowest BCUT2D eigenvalue weighted by Crippen LogP contribution is -1.99. The largest absolute Gasteiger partial charge is 0.489 e. The Morgan fingerprint density at radius 2 is 1.59 bits per heavy atom. The van der Waals surface area contributed by atoms with Crippen LogP contribution in [0.3, 0.4) is 0 Å². The molecule has 0 fully saturated rings. The van der Waals surface area contributed by atoms with Crippen LogP contribution in [0.1, 0.15) is 18.1 Å². The van der Waals surface area contributed by atoms with E-state index in [1.807, 2.05) is 36.4 Å². The van der Waals surface area contributed by atoms with E-state index < -0.39 is 0 Å². The van der Waals surface area contributed by atoms with Gasteiger partial charge in [-0.15, -0.1) is 0 Å². The number of esters is 1. The van der Waals surface area contributed by atoms with Crippen molar-refractivity contribution >= 4 is 17.7 Å². The van der Waals surface area contributed by atoms with Gasteiger partial charge in [0.1, 0.15) is 19.0 Å². The third-order valence-electron chi connectivity index (χ3n) is 2.88. The van der Waals surface area contributed by atoms with E-state index in [9.17, 15) is 9.59 Å². The maximum Gasteiger partial charge on any atom is 0.302 e. The summed E-state index contributed by atoms with van der Waals surface area (Å²) < 4.78 is 10.6. The quantitative estimate of drug-likeness (QED) is 0.466. The Bertz CT molecular complexity index is 671. The van der Waals surface area contributed by atoms with E-state index in [1.165, 1.54) is 13.0 Å². The van der Waals surface area contributed by atoms with E-state index >= 15 is 0 Å². The summed E-state index contributed by atoms with van der Waals surface area (Å²) in [6, 6.07) is 14.5. The predicted octanol–water partition coefficient (Wildman–Crippen LogP) is 3.30. The second-order valence-corrected chi connectivity index (χ2v) is 4.58. The smallest absolute Gasteiger partial charge is 0.302 e. The summed E-state index contributed by atoms with van der Waals surface area (Å²) in [5, 5.41) is 0. The van der Waals surface area contributed by atoms with Crippen LogP contribution in [0.25, 0.3) is 0 Å². The molecule has 112 valence electrons. The minimum absolute atomic E-state index is 0.258. The van der Waals surface area contributed by atoms with Crippen molar-refractivity contribution in [2.45, 2.75) is 20.1 Å². The van der Waals surface area contributed by atoms with E-state index in [0.717, 1.165) is 16.9 Å². The van der Waals surface area contributed by atoms with E-state index in [2.05, 4.69) is 4.99 Å². The van der Waals surface area contributed by atoms with Gasteiger partial charge in [0, 0.05) is 6.92 Å². The fourth-order valence-corrected chi connectivity index (χ4v) is 1.75. The third kappa shape index (κ3) is 4.89. The zero-order valence-corrected chi connectivity index (χ0v) is 12.1. The molecule has 0 spiro atoms. The number of hydrogen-bond donors (Lipinski definition) is 0. The number of carbonyl (C=O) groups is 1. The van der Waals surface area contributed by atoms with Gasteiger partial charge in [0.2, 0.25) is 6.08 Å². The molecule has 22 heavy (non-hydrogen) atoms. The van der Waals surface area contributed by atoms with Gasteiger partial charge in [-0.05, 0) is 35.4 Å². The van der Waals surface area contributed by atoms with Crippen LogP contribution >= 0.6 is 0 Å². The molecule has 0 radical (unpaired) electrons. The number of aliphatic imine (C=N–C) groups is 1. The maximum atomic E-state index is 10.7. The van der Waals surface area contributed by atoms with Crippen molar-refractivity contribution in [1.29, 1.82) is 0 Å². The number of hydrogen-bond acceptors (Lipinski definition) is 5. The monoisotopic (exact) mass is 297 g/mol. The fraction of sp³-hybridized carbons (Fsp3) is 0.176. The predicted molar refractivity (Wildman–Crippen MR) is 80.5 cm³/mol. The Labute approximate surface area is 128 Å². The van der Waals surface area contributed by atoms with Crippen LogP contribution in [0.2, 0.25) is 0 Å². The molecule has 5 heteroatoms. The van der Waals surface area contributed by atoms with Gasteiger partial charge in [0.05, 0.1) is 5.69 Å². The fourth-order valence-electron chi connectivity index (χ4n) is 1.75. The Hall–Kier alpha value is -2.91. The Balaban J connectivity index is 1.88. The topological polar surface area (TPSA) is 65.0 Å².